The molecule has 2 amide bonds. The average molecular weight is 265 g/mol. The zero-order chi connectivity index (χ0) is 14.0. The highest BCUT2D eigenvalue weighted by molar-refractivity contribution is 5.88. The number of hydrogen-bond donors (Lipinski definition) is 2. The summed E-state index contributed by atoms with van der Waals surface area (Å²) < 4.78 is 0. The van der Waals surface area contributed by atoms with Crippen molar-refractivity contribution in [2.24, 2.45) is 5.92 Å². The molecule has 0 spiro atoms. The summed E-state index contributed by atoms with van der Waals surface area (Å²) in [5.74, 6) is -0.649. The van der Waals surface area contributed by atoms with Gasteiger partial charge >= 0.3 is 12.0 Å². The minimum Gasteiger partial charge on any atom is -0.481 e. The second kappa shape index (κ2) is 5.17. The quantitative estimate of drug-likeness (QED) is 0.820. The molecular weight excluding hydrogens is 250 g/mol. The normalized spacial score (nSPS) is 14.9. The van der Waals surface area contributed by atoms with Crippen LogP contribution < -0.4 is 5.32 Å². The molecule has 19 heavy (non-hydrogen) atoms. The van der Waals surface area contributed by atoms with Gasteiger partial charge in [-0.25, -0.2) is 9.78 Å². The fourth-order valence-corrected chi connectivity index (χ4v) is 1.80. The highest BCUT2D eigenvalue weighted by atomic mass is 16.4. The first-order valence-electron chi connectivity index (χ1n) is 5.91. The Kier molecular flexibility index (Phi) is 3.59. The fourth-order valence-electron chi connectivity index (χ4n) is 1.80. The Morgan fingerprint density at radius 1 is 1.32 bits per heavy atom. The summed E-state index contributed by atoms with van der Waals surface area (Å²) in [4.78, 5) is 27.9. The molecule has 1 aliphatic rings. The van der Waals surface area contributed by atoms with Gasteiger partial charge in [-0.05, 0) is 13.8 Å². The molecule has 0 aliphatic carbocycles. The first-order chi connectivity index (χ1) is 8.95. The highest BCUT2D eigenvalue weighted by Gasteiger charge is 2.32. The molecule has 0 radical (unpaired) electrons. The summed E-state index contributed by atoms with van der Waals surface area (Å²) in [5, 5.41) is 18.8. The summed E-state index contributed by atoms with van der Waals surface area (Å²) in [6.45, 7) is 4.45. The van der Waals surface area contributed by atoms with Gasteiger partial charge in [-0.3, -0.25) is 10.1 Å². The first-order valence-corrected chi connectivity index (χ1v) is 5.91. The molecule has 0 atom stereocenters. The van der Waals surface area contributed by atoms with Crippen molar-refractivity contribution in [3.05, 3.63) is 11.4 Å². The summed E-state index contributed by atoms with van der Waals surface area (Å²) in [5.41, 5.74) is 1.42. The summed E-state index contributed by atoms with van der Waals surface area (Å²) >= 11 is 0. The van der Waals surface area contributed by atoms with Crippen LogP contribution in [0.4, 0.5) is 10.7 Å². The van der Waals surface area contributed by atoms with Gasteiger partial charge in [-0.15, -0.1) is 5.10 Å². The molecule has 1 aromatic heterocycles. The number of aliphatic carboxylic acids is 1. The van der Waals surface area contributed by atoms with Crippen molar-refractivity contribution in [2.75, 3.05) is 18.4 Å². The lowest BCUT2D eigenvalue weighted by Gasteiger charge is -2.38. The van der Waals surface area contributed by atoms with Crippen LogP contribution in [-0.2, 0) is 4.79 Å². The second-order valence-electron chi connectivity index (χ2n) is 4.61. The minimum absolute atomic E-state index is 0.0297. The third-order valence-electron chi connectivity index (χ3n) is 3.02. The first kappa shape index (κ1) is 13.2. The van der Waals surface area contributed by atoms with Crippen molar-refractivity contribution in [3.63, 3.8) is 0 Å². The third kappa shape index (κ3) is 3.15. The van der Waals surface area contributed by atoms with Crippen LogP contribution in [-0.4, -0.2) is 50.3 Å². The maximum absolute atomic E-state index is 11.8. The molecule has 2 heterocycles. The molecule has 1 fully saturated rings. The number of nitrogens with zero attached hydrogens (tertiary/aromatic N) is 4. The van der Waals surface area contributed by atoms with Gasteiger partial charge < -0.3 is 10.0 Å². The van der Waals surface area contributed by atoms with Gasteiger partial charge in [-0.2, -0.15) is 5.10 Å². The predicted molar refractivity (Wildman–Crippen MR) is 65.6 cm³/mol. The Hall–Kier alpha value is -2.25. The number of anilines is 1. The Labute approximate surface area is 109 Å². The molecule has 1 saturated heterocycles. The molecule has 1 aliphatic heterocycles. The molecule has 0 unspecified atom stereocenters. The maximum Gasteiger partial charge on any atom is 0.324 e. The van der Waals surface area contributed by atoms with E-state index in [4.69, 9.17) is 5.11 Å². The molecule has 2 rings (SSSR count). The van der Waals surface area contributed by atoms with Gasteiger partial charge in [0, 0.05) is 19.0 Å². The number of carboxylic acid groups (broad SMARTS) is 1. The number of aryl methyl sites for hydroxylation is 2. The van der Waals surface area contributed by atoms with Crippen molar-refractivity contribution < 1.29 is 14.7 Å². The molecular formula is C11H15N5O3. The number of urea groups is 1. The van der Waals surface area contributed by atoms with Gasteiger partial charge in [0.1, 0.15) is 0 Å². The van der Waals surface area contributed by atoms with E-state index >= 15 is 0 Å². The van der Waals surface area contributed by atoms with Crippen LogP contribution in [0.3, 0.4) is 0 Å². The third-order valence-corrected chi connectivity index (χ3v) is 3.02. The van der Waals surface area contributed by atoms with E-state index in [1.807, 2.05) is 0 Å². The van der Waals surface area contributed by atoms with E-state index in [9.17, 15) is 9.59 Å². The monoisotopic (exact) mass is 265 g/mol. The summed E-state index contributed by atoms with van der Waals surface area (Å²) in [6, 6.07) is -0.327. The van der Waals surface area contributed by atoms with Crippen LogP contribution in [0.1, 0.15) is 17.8 Å². The van der Waals surface area contributed by atoms with Gasteiger partial charge in [0.05, 0.1) is 17.8 Å². The minimum atomic E-state index is -0.841. The van der Waals surface area contributed by atoms with E-state index in [1.165, 1.54) is 4.90 Å². The number of likely N-dealkylation sites (tertiary alicyclic amines) is 1. The number of nitrogens with one attached hydrogen (secondary N) is 1. The maximum atomic E-state index is 11.8. The fraction of sp³-hybridized carbons (Fsp3) is 0.545. The van der Waals surface area contributed by atoms with Gasteiger partial charge in [0.2, 0.25) is 0 Å². The van der Waals surface area contributed by atoms with Crippen LogP contribution in [0.15, 0.2) is 0 Å². The molecule has 1 aromatic rings. The lowest BCUT2D eigenvalue weighted by atomic mass is 9.97. The number of rotatable bonds is 3. The Balaban J connectivity index is 1.85. The average Bonchev–Trinajstić information content (AvgIpc) is 2.27. The smallest absolute Gasteiger partial charge is 0.324 e. The topological polar surface area (TPSA) is 108 Å². The van der Waals surface area contributed by atoms with Gasteiger partial charge in [0.25, 0.3) is 5.95 Å². The Morgan fingerprint density at radius 2 is 2.00 bits per heavy atom. The van der Waals surface area contributed by atoms with Crippen molar-refractivity contribution >= 4 is 17.9 Å². The molecule has 0 bridgehead atoms. The van der Waals surface area contributed by atoms with Crippen LogP contribution in [0.25, 0.3) is 0 Å². The van der Waals surface area contributed by atoms with Gasteiger partial charge in [0.15, 0.2) is 0 Å². The SMILES string of the molecule is Cc1nnc(NC(=O)N2CC(CC(=O)O)C2)nc1C. The standard InChI is InChI=1S/C11H15N5O3/c1-6-7(2)14-15-10(12-6)13-11(19)16-4-8(5-16)3-9(17)18/h8H,3-5H2,1-2H3,(H,17,18)(H,12,13,15,19). The number of carbonyl (C=O) groups is 2. The Morgan fingerprint density at radius 3 is 2.58 bits per heavy atom. The lowest BCUT2D eigenvalue weighted by Crippen LogP contribution is -2.52. The highest BCUT2D eigenvalue weighted by Crippen LogP contribution is 2.19. The van der Waals surface area contributed by atoms with E-state index < -0.39 is 5.97 Å². The summed E-state index contributed by atoms with van der Waals surface area (Å²) in [6.07, 6.45) is 0.0888. The van der Waals surface area contributed by atoms with Crippen LogP contribution in [0, 0.1) is 19.8 Å². The van der Waals surface area contributed by atoms with E-state index in [2.05, 4.69) is 20.5 Å². The molecule has 8 heteroatoms. The van der Waals surface area contributed by atoms with E-state index in [-0.39, 0.29) is 24.3 Å². The number of amides is 2. The largest absolute Gasteiger partial charge is 0.481 e. The zero-order valence-electron chi connectivity index (χ0n) is 10.8. The number of hydrogen-bond acceptors (Lipinski definition) is 5. The van der Waals surface area contributed by atoms with Crippen LogP contribution >= 0.6 is 0 Å². The molecule has 0 aromatic carbocycles. The molecule has 8 nitrogen and oxygen atoms in total. The number of carbonyl (C=O) groups excluding carboxylic acids is 1. The number of carboxylic acids is 1. The zero-order valence-corrected chi connectivity index (χ0v) is 10.8. The lowest BCUT2D eigenvalue weighted by molar-refractivity contribution is -0.139. The van der Waals surface area contributed by atoms with Gasteiger partial charge in [-0.1, -0.05) is 0 Å². The van der Waals surface area contributed by atoms with Crippen LogP contribution in [0.2, 0.25) is 0 Å². The van der Waals surface area contributed by atoms with E-state index in [0.717, 1.165) is 0 Å². The van der Waals surface area contributed by atoms with E-state index in [0.29, 0.717) is 24.5 Å². The van der Waals surface area contributed by atoms with Crippen LogP contribution in [0.5, 0.6) is 0 Å². The summed E-state index contributed by atoms with van der Waals surface area (Å²) in [7, 11) is 0. The van der Waals surface area contributed by atoms with E-state index in [1.54, 1.807) is 13.8 Å². The van der Waals surface area contributed by atoms with Crippen molar-refractivity contribution in [3.8, 4) is 0 Å². The second-order valence-corrected chi connectivity index (χ2v) is 4.61. The molecule has 2 N–H and O–H groups in total. The predicted octanol–water partition coefficient (Wildman–Crippen LogP) is 0.427. The van der Waals surface area contributed by atoms with Crippen molar-refractivity contribution in [1.82, 2.24) is 20.1 Å². The van der Waals surface area contributed by atoms with Crippen molar-refractivity contribution in [2.45, 2.75) is 20.3 Å². The Bertz CT molecular complexity index is 513. The molecule has 102 valence electrons. The molecule has 0 saturated carbocycles. The van der Waals surface area contributed by atoms with Crippen molar-refractivity contribution in [1.29, 1.82) is 0 Å². The number of aromatic nitrogens is 3.